The molecular weight excluding hydrogens is 210 g/mol. The van der Waals surface area contributed by atoms with Crippen molar-refractivity contribution >= 4 is 12.0 Å². The molecule has 94 valence electrons. The van der Waals surface area contributed by atoms with E-state index >= 15 is 0 Å². The second-order valence-corrected chi connectivity index (χ2v) is 6.64. The number of anilines is 1. The first-order chi connectivity index (χ1) is 7.57. The van der Waals surface area contributed by atoms with Crippen molar-refractivity contribution < 1.29 is 4.79 Å². The van der Waals surface area contributed by atoms with Crippen molar-refractivity contribution in [1.29, 1.82) is 0 Å². The second kappa shape index (κ2) is 4.17. The van der Waals surface area contributed by atoms with Gasteiger partial charge in [-0.1, -0.05) is 47.6 Å². The Morgan fingerprint density at radius 3 is 1.88 bits per heavy atom. The third kappa shape index (κ3) is 2.87. The van der Waals surface area contributed by atoms with Gasteiger partial charge in [-0.05, 0) is 28.0 Å². The molecule has 2 N–H and O–H groups in total. The van der Waals surface area contributed by atoms with Crippen molar-refractivity contribution in [3.63, 3.8) is 0 Å². The molecule has 0 aliphatic heterocycles. The highest BCUT2D eigenvalue weighted by Gasteiger charge is 2.23. The third-order valence-corrected chi connectivity index (χ3v) is 3.01. The van der Waals surface area contributed by atoms with E-state index in [9.17, 15) is 4.79 Å². The normalized spacial score (nSPS) is 12.6. The molecule has 2 nitrogen and oxygen atoms in total. The van der Waals surface area contributed by atoms with Gasteiger partial charge in [-0.15, -0.1) is 0 Å². The minimum absolute atomic E-state index is 0.0193. The zero-order valence-electron chi connectivity index (χ0n) is 11.7. The Balaban J connectivity index is 3.56. The predicted molar refractivity (Wildman–Crippen MR) is 73.6 cm³/mol. The van der Waals surface area contributed by atoms with Crippen LogP contribution in [0.2, 0.25) is 0 Å². The van der Waals surface area contributed by atoms with Gasteiger partial charge < -0.3 is 5.73 Å². The van der Waals surface area contributed by atoms with E-state index in [1.165, 1.54) is 0 Å². The SMILES string of the molecule is CC(C)(C)c1cc(C=O)c(N)c(C(C)(C)C)c1. The lowest BCUT2D eigenvalue weighted by atomic mass is 9.78. The zero-order valence-corrected chi connectivity index (χ0v) is 11.7. The molecule has 0 saturated carbocycles. The van der Waals surface area contributed by atoms with Crippen LogP contribution < -0.4 is 5.73 Å². The molecule has 0 saturated heterocycles. The lowest BCUT2D eigenvalue weighted by Crippen LogP contribution is -2.19. The van der Waals surface area contributed by atoms with Gasteiger partial charge in [0.15, 0.2) is 6.29 Å². The van der Waals surface area contributed by atoms with Crippen molar-refractivity contribution in [1.82, 2.24) is 0 Å². The van der Waals surface area contributed by atoms with Gasteiger partial charge in [0.25, 0.3) is 0 Å². The monoisotopic (exact) mass is 233 g/mol. The van der Waals surface area contributed by atoms with Crippen molar-refractivity contribution in [2.45, 2.75) is 52.4 Å². The summed E-state index contributed by atoms with van der Waals surface area (Å²) in [5.74, 6) is 0. The first-order valence-corrected chi connectivity index (χ1v) is 5.97. The van der Waals surface area contributed by atoms with E-state index in [1.54, 1.807) is 0 Å². The molecule has 0 amide bonds. The summed E-state index contributed by atoms with van der Waals surface area (Å²) in [6, 6.07) is 4.03. The van der Waals surface area contributed by atoms with Gasteiger partial charge in [-0.2, -0.15) is 0 Å². The lowest BCUT2D eigenvalue weighted by molar-refractivity contribution is 0.112. The van der Waals surface area contributed by atoms with Gasteiger partial charge in [0.05, 0.1) is 0 Å². The highest BCUT2D eigenvalue weighted by molar-refractivity contribution is 5.85. The van der Waals surface area contributed by atoms with E-state index < -0.39 is 0 Å². The molecule has 0 unspecified atom stereocenters. The predicted octanol–water partition coefficient (Wildman–Crippen LogP) is 3.68. The van der Waals surface area contributed by atoms with Crippen LogP contribution in [0.1, 0.15) is 63.0 Å². The Morgan fingerprint density at radius 2 is 1.53 bits per heavy atom. The second-order valence-electron chi connectivity index (χ2n) is 6.64. The fourth-order valence-electron chi connectivity index (χ4n) is 1.83. The summed E-state index contributed by atoms with van der Waals surface area (Å²) in [4.78, 5) is 11.1. The number of nitrogen functional groups attached to an aromatic ring is 1. The van der Waals surface area contributed by atoms with E-state index in [0.29, 0.717) is 11.3 Å². The molecule has 0 bridgehead atoms. The van der Waals surface area contributed by atoms with E-state index in [1.807, 2.05) is 6.07 Å². The average Bonchev–Trinajstić information content (AvgIpc) is 2.14. The van der Waals surface area contributed by atoms with E-state index in [2.05, 4.69) is 47.6 Å². The molecule has 0 aliphatic rings. The number of carbonyl (C=O) groups excluding carboxylic acids is 1. The molecule has 1 rings (SSSR count). The molecule has 0 aromatic heterocycles. The first-order valence-electron chi connectivity index (χ1n) is 5.97. The maximum Gasteiger partial charge on any atom is 0.152 e. The molecule has 0 atom stereocenters. The highest BCUT2D eigenvalue weighted by atomic mass is 16.1. The highest BCUT2D eigenvalue weighted by Crippen LogP contribution is 2.34. The summed E-state index contributed by atoms with van der Waals surface area (Å²) in [6.07, 6.45) is 0.847. The number of hydrogen-bond acceptors (Lipinski definition) is 2. The van der Waals surface area contributed by atoms with Crippen LogP contribution in [0, 0.1) is 0 Å². The molecular formula is C15H23NO. The van der Waals surface area contributed by atoms with Crippen LogP contribution >= 0.6 is 0 Å². The summed E-state index contributed by atoms with van der Waals surface area (Å²) in [5.41, 5.74) is 9.44. The quantitative estimate of drug-likeness (QED) is 0.594. The summed E-state index contributed by atoms with van der Waals surface area (Å²) < 4.78 is 0. The average molecular weight is 233 g/mol. The number of aldehydes is 1. The smallest absolute Gasteiger partial charge is 0.152 e. The van der Waals surface area contributed by atoms with Gasteiger partial charge in [0.2, 0.25) is 0 Å². The van der Waals surface area contributed by atoms with Gasteiger partial charge in [0, 0.05) is 11.3 Å². The minimum Gasteiger partial charge on any atom is -0.398 e. The van der Waals surface area contributed by atoms with Crippen LogP contribution in [0.4, 0.5) is 5.69 Å². The Morgan fingerprint density at radius 1 is 1.00 bits per heavy atom. The van der Waals surface area contributed by atoms with Crippen molar-refractivity contribution in [3.8, 4) is 0 Å². The summed E-state index contributed by atoms with van der Waals surface area (Å²) >= 11 is 0. The van der Waals surface area contributed by atoms with E-state index in [4.69, 9.17) is 5.73 Å². The number of hydrogen-bond donors (Lipinski definition) is 1. The fraction of sp³-hybridized carbons (Fsp3) is 0.533. The van der Waals surface area contributed by atoms with Gasteiger partial charge in [-0.25, -0.2) is 0 Å². The van der Waals surface area contributed by atoms with Crippen LogP contribution in [0.25, 0.3) is 0 Å². The van der Waals surface area contributed by atoms with Crippen molar-refractivity contribution in [2.24, 2.45) is 0 Å². The Hall–Kier alpha value is -1.31. The zero-order chi connectivity index (χ0) is 13.4. The topological polar surface area (TPSA) is 43.1 Å². The van der Waals surface area contributed by atoms with Crippen molar-refractivity contribution in [2.75, 3.05) is 5.73 Å². The number of benzene rings is 1. The molecule has 0 aliphatic carbocycles. The van der Waals surface area contributed by atoms with E-state index in [0.717, 1.165) is 17.4 Å². The molecule has 0 heterocycles. The molecule has 17 heavy (non-hydrogen) atoms. The van der Waals surface area contributed by atoms with E-state index in [-0.39, 0.29) is 10.8 Å². The third-order valence-electron chi connectivity index (χ3n) is 3.01. The van der Waals surface area contributed by atoms with Crippen LogP contribution in [0.3, 0.4) is 0 Å². The summed E-state index contributed by atoms with van der Waals surface area (Å²) in [7, 11) is 0. The van der Waals surface area contributed by atoms with Crippen LogP contribution in [0.5, 0.6) is 0 Å². The van der Waals surface area contributed by atoms with Gasteiger partial charge in [0.1, 0.15) is 0 Å². The minimum atomic E-state index is -0.0525. The van der Waals surface area contributed by atoms with Crippen LogP contribution in [-0.2, 0) is 10.8 Å². The number of rotatable bonds is 1. The first kappa shape index (κ1) is 13.8. The van der Waals surface area contributed by atoms with Gasteiger partial charge in [-0.3, -0.25) is 4.79 Å². The molecule has 2 heteroatoms. The maximum absolute atomic E-state index is 11.1. The molecule has 1 aromatic carbocycles. The van der Waals surface area contributed by atoms with Crippen LogP contribution in [-0.4, -0.2) is 6.29 Å². The summed E-state index contributed by atoms with van der Waals surface area (Å²) in [6.45, 7) is 12.7. The number of nitrogens with two attached hydrogens (primary N) is 1. The number of carbonyl (C=O) groups is 1. The standard InChI is InChI=1S/C15H23NO/c1-14(2,3)11-7-10(9-17)13(16)12(8-11)15(4,5)6/h7-9H,16H2,1-6H3. The van der Waals surface area contributed by atoms with Crippen molar-refractivity contribution in [3.05, 3.63) is 28.8 Å². The Kier molecular flexibility index (Phi) is 3.37. The molecule has 0 spiro atoms. The fourth-order valence-corrected chi connectivity index (χ4v) is 1.83. The molecule has 0 fully saturated rings. The maximum atomic E-state index is 11.1. The summed E-state index contributed by atoms with van der Waals surface area (Å²) in [5, 5.41) is 0. The molecule has 0 radical (unpaired) electrons. The largest absolute Gasteiger partial charge is 0.398 e. The van der Waals surface area contributed by atoms with Gasteiger partial charge >= 0.3 is 0 Å². The molecule has 1 aromatic rings. The Bertz CT molecular complexity index is 433. The van der Waals surface area contributed by atoms with Crippen LogP contribution in [0.15, 0.2) is 12.1 Å². The Labute approximate surface area is 104 Å². The lowest BCUT2D eigenvalue weighted by Gasteiger charge is -2.27.